The molecule has 8 heteroatoms. The molecule has 8 nitrogen and oxygen atoms in total. The Labute approximate surface area is 133 Å². The van der Waals surface area contributed by atoms with Gasteiger partial charge >= 0.3 is 0 Å². The van der Waals surface area contributed by atoms with Crippen LogP contribution in [0.1, 0.15) is 6.92 Å². The van der Waals surface area contributed by atoms with E-state index in [1.807, 2.05) is 30.0 Å². The molecule has 2 aromatic rings. The van der Waals surface area contributed by atoms with Crippen molar-refractivity contribution in [2.45, 2.75) is 6.92 Å². The van der Waals surface area contributed by atoms with Gasteiger partial charge in [0.05, 0.1) is 6.61 Å². The summed E-state index contributed by atoms with van der Waals surface area (Å²) in [5.41, 5.74) is 7.40. The van der Waals surface area contributed by atoms with Gasteiger partial charge in [0.1, 0.15) is 12.0 Å². The molecule has 2 heterocycles. The lowest BCUT2D eigenvalue weighted by molar-refractivity contribution is 0.174. The molecule has 0 saturated heterocycles. The zero-order valence-corrected chi connectivity index (χ0v) is 12.8. The molecule has 3 rings (SSSR count). The molecule has 0 amide bonds. The van der Waals surface area contributed by atoms with Crippen LogP contribution in [0.5, 0.6) is 11.5 Å². The third kappa shape index (κ3) is 3.07. The van der Waals surface area contributed by atoms with Gasteiger partial charge in [-0.25, -0.2) is 9.97 Å². The van der Waals surface area contributed by atoms with Crippen molar-refractivity contribution in [3.8, 4) is 11.5 Å². The second kappa shape index (κ2) is 6.57. The maximum absolute atomic E-state index is 9.15. The fourth-order valence-electron chi connectivity index (χ4n) is 2.38. The maximum atomic E-state index is 9.15. The summed E-state index contributed by atoms with van der Waals surface area (Å²) in [6.07, 6.45) is 1.45. The van der Waals surface area contributed by atoms with Gasteiger partial charge in [-0.1, -0.05) is 0 Å². The van der Waals surface area contributed by atoms with Crippen molar-refractivity contribution >= 4 is 23.0 Å². The summed E-state index contributed by atoms with van der Waals surface area (Å²) in [5, 5.41) is 12.3. The first-order valence-corrected chi connectivity index (χ1v) is 7.36. The van der Waals surface area contributed by atoms with Crippen molar-refractivity contribution in [1.82, 2.24) is 9.97 Å². The molecule has 1 aromatic heterocycles. The number of hydrogen-bond acceptors (Lipinski definition) is 8. The molecule has 0 radical (unpaired) electrons. The standard InChI is InChI=1S/C15H19N5O3/c1-2-20(5-6-21)15-13(16)14(17-8-18-15)19-10-3-4-11-12(7-10)23-9-22-11/h3-4,7-8,21H,2,5-6,9,16H2,1H3,(H,17,18,19). The molecular weight excluding hydrogens is 298 g/mol. The van der Waals surface area contributed by atoms with E-state index < -0.39 is 0 Å². The van der Waals surface area contributed by atoms with E-state index in [1.165, 1.54) is 6.33 Å². The molecule has 122 valence electrons. The number of nitrogens with zero attached hydrogens (tertiary/aromatic N) is 3. The summed E-state index contributed by atoms with van der Waals surface area (Å²) in [6.45, 7) is 3.38. The number of rotatable bonds is 6. The Morgan fingerprint density at radius 3 is 2.91 bits per heavy atom. The summed E-state index contributed by atoms with van der Waals surface area (Å²) in [5.74, 6) is 2.50. The molecule has 4 N–H and O–H groups in total. The Morgan fingerprint density at radius 1 is 1.30 bits per heavy atom. The van der Waals surface area contributed by atoms with Gasteiger partial charge in [0.2, 0.25) is 6.79 Å². The minimum Gasteiger partial charge on any atom is -0.454 e. The quantitative estimate of drug-likeness (QED) is 0.733. The van der Waals surface area contributed by atoms with Crippen LogP contribution in [0.25, 0.3) is 0 Å². The number of likely N-dealkylation sites (N-methyl/N-ethyl adjacent to an activating group) is 1. The van der Waals surface area contributed by atoms with Crippen LogP contribution in [-0.2, 0) is 0 Å². The van der Waals surface area contributed by atoms with Crippen LogP contribution in [0.15, 0.2) is 24.5 Å². The van der Waals surface area contributed by atoms with Crippen molar-refractivity contribution in [1.29, 1.82) is 0 Å². The highest BCUT2D eigenvalue weighted by molar-refractivity contribution is 5.78. The fraction of sp³-hybridized carbons (Fsp3) is 0.333. The number of nitrogens with one attached hydrogen (secondary N) is 1. The molecule has 0 unspecified atom stereocenters. The van der Waals surface area contributed by atoms with E-state index >= 15 is 0 Å². The van der Waals surface area contributed by atoms with E-state index in [9.17, 15) is 0 Å². The van der Waals surface area contributed by atoms with Crippen molar-refractivity contribution in [3.05, 3.63) is 24.5 Å². The number of ether oxygens (including phenoxy) is 2. The smallest absolute Gasteiger partial charge is 0.231 e. The van der Waals surface area contributed by atoms with Gasteiger partial charge in [0.25, 0.3) is 0 Å². The summed E-state index contributed by atoms with van der Waals surface area (Å²) in [6, 6.07) is 5.52. The van der Waals surface area contributed by atoms with E-state index in [-0.39, 0.29) is 13.4 Å². The zero-order valence-electron chi connectivity index (χ0n) is 12.8. The molecular formula is C15H19N5O3. The zero-order chi connectivity index (χ0) is 16.2. The summed E-state index contributed by atoms with van der Waals surface area (Å²) in [4.78, 5) is 10.3. The van der Waals surface area contributed by atoms with E-state index in [0.717, 1.165) is 5.69 Å². The maximum Gasteiger partial charge on any atom is 0.231 e. The monoisotopic (exact) mass is 317 g/mol. The van der Waals surface area contributed by atoms with Crippen LogP contribution in [0.4, 0.5) is 23.0 Å². The number of hydrogen-bond donors (Lipinski definition) is 3. The molecule has 0 saturated carbocycles. The number of aromatic nitrogens is 2. The number of aliphatic hydroxyl groups is 1. The normalized spacial score (nSPS) is 12.3. The van der Waals surface area contributed by atoms with Crippen molar-refractivity contribution < 1.29 is 14.6 Å². The number of nitrogens with two attached hydrogens (primary N) is 1. The largest absolute Gasteiger partial charge is 0.454 e. The topological polar surface area (TPSA) is 106 Å². The molecule has 1 aromatic carbocycles. The Morgan fingerprint density at radius 2 is 2.13 bits per heavy atom. The average molecular weight is 317 g/mol. The molecule has 23 heavy (non-hydrogen) atoms. The highest BCUT2D eigenvalue weighted by atomic mass is 16.7. The minimum absolute atomic E-state index is 0.0300. The molecule has 0 aliphatic carbocycles. The Bertz CT molecular complexity index is 695. The first-order chi connectivity index (χ1) is 11.2. The predicted molar refractivity (Wildman–Crippen MR) is 87.3 cm³/mol. The first kappa shape index (κ1) is 15.2. The third-order valence-electron chi connectivity index (χ3n) is 3.55. The van der Waals surface area contributed by atoms with Crippen LogP contribution in [0.2, 0.25) is 0 Å². The number of nitrogen functional groups attached to an aromatic ring is 1. The van der Waals surface area contributed by atoms with Gasteiger partial charge in [-0.15, -0.1) is 0 Å². The molecule has 0 atom stereocenters. The molecule has 0 fully saturated rings. The van der Waals surface area contributed by atoms with Gasteiger partial charge in [-0.2, -0.15) is 0 Å². The Kier molecular flexibility index (Phi) is 4.33. The van der Waals surface area contributed by atoms with Crippen LogP contribution < -0.4 is 25.4 Å². The molecule has 0 bridgehead atoms. The Balaban J connectivity index is 1.85. The lowest BCUT2D eigenvalue weighted by atomic mass is 10.2. The predicted octanol–water partition coefficient (Wildman–Crippen LogP) is 1.35. The summed E-state index contributed by atoms with van der Waals surface area (Å²) < 4.78 is 10.6. The fourth-order valence-corrected chi connectivity index (χ4v) is 2.38. The van der Waals surface area contributed by atoms with Gasteiger partial charge in [-0.05, 0) is 19.1 Å². The average Bonchev–Trinajstić information content (AvgIpc) is 3.02. The lowest BCUT2D eigenvalue weighted by Crippen LogP contribution is -2.28. The van der Waals surface area contributed by atoms with Crippen LogP contribution in [0, 0.1) is 0 Å². The molecule has 0 spiro atoms. The summed E-state index contributed by atoms with van der Waals surface area (Å²) >= 11 is 0. The van der Waals surface area contributed by atoms with Gasteiger partial charge in [0.15, 0.2) is 23.1 Å². The SMILES string of the molecule is CCN(CCO)c1ncnc(Nc2ccc3c(c2)OCO3)c1N. The van der Waals surface area contributed by atoms with Crippen molar-refractivity contribution in [3.63, 3.8) is 0 Å². The van der Waals surface area contributed by atoms with Crippen LogP contribution in [-0.4, -0.2) is 41.6 Å². The first-order valence-electron chi connectivity index (χ1n) is 7.36. The van der Waals surface area contributed by atoms with Crippen molar-refractivity contribution in [2.24, 2.45) is 0 Å². The number of fused-ring (bicyclic) bond motifs is 1. The summed E-state index contributed by atoms with van der Waals surface area (Å²) in [7, 11) is 0. The van der Waals surface area contributed by atoms with Gasteiger partial charge in [0, 0.05) is 24.8 Å². The second-order valence-electron chi connectivity index (χ2n) is 4.96. The lowest BCUT2D eigenvalue weighted by Gasteiger charge is -2.23. The number of aliphatic hydroxyl groups excluding tert-OH is 1. The highest BCUT2D eigenvalue weighted by Gasteiger charge is 2.16. The molecule has 1 aliphatic rings. The van der Waals surface area contributed by atoms with Crippen molar-refractivity contribution in [2.75, 3.05) is 42.4 Å². The van der Waals surface area contributed by atoms with Gasteiger partial charge in [-0.3, -0.25) is 0 Å². The minimum atomic E-state index is 0.0300. The third-order valence-corrected chi connectivity index (χ3v) is 3.55. The van der Waals surface area contributed by atoms with Crippen LogP contribution >= 0.6 is 0 Å². The van der Waals surface area contributed by atoms with Crippen LogP contribution in [0.3, 0.4) is 0 Å². The number of benzene rings is 1. The van der Waals surface area contributed by atoms with E-state index in [1.54, 1.807) is 0 Å². The second-order valence-corrected chi connectivity index (χ2v) is 4.96. The molecule has 1 aliphatic heterocycles. The number of anilines is 4. The Hall–Kier alpha value is -2.74. The van der Waals surface area contributed by atoms with E-state index in [4.69, 9.17) is 20.3 Å². The van der Waals surface area contributed by atoms with E-state index in [2.05, 4.69) is 15.3 Å². The van der Waals surface area contributed by atoms with E-state index in [0.29, 0.717) is 41.9 Å². The van der Waals surface area contributed by atoms with Gasteiger partial charge < -0.3 is 30.5 Å². The highest BCUT2D eigenvalue weighted by Crippen LogP contribution is 2.36.